The molecule has 0 bridgehead atoms. The van der Waals surface area contributed by atoms with Crippen molar-refractivity contribution in [3.05, 3.63) is 52.4 Å². The first-order valence-corrected chi connectivity index (χ1v) is 6.19. The highest BCUT2D eigenvalue weighted by Crippen LogP contribution is 2.09. The van der Waals surface area contributed by atoms with Crippen LogP contribution in [0, 0.1) is 6.92 Å². The van der Waals surface area contributed by atoms with Gasteiger partial charge in [0.1, 0.15) is 0 Å². The molecule has 0 spiro atoms. The third kappa shape index (κ3) is 3.83. The van der Waals surface area contributed by atoms with Crippen LogP contribution in [0.1, 0.15) is 21.8 Å². The Morgan fingerprint density at radius 1 is 1.25 bits per heavy atom. The number of hydrogen-bond donors (Lipinski definition) is 2. The van der Waals surface area contributed by atoms with Crippen LogP contribution < -0.4 is 10.9 Å². The van der Waals surface area contributed by atoms with Gasteiger partial charge in [-0.25, -0.2) is 0 Å². The zero-order chi connectivity index (χ0) is 14.5. The highest BCUT2D eigenvalue weighted by Gasteiger charge is 2.12. The maximum atomic E-state index is 11.6. The summed E-state index contributed by atoms with van der Waals surface area (Å²) in [6, 6.07) is 8.34. The Kier molecular flexibility index (Phi) is 4.37. The highest BCUT2D eigenvalue weighted by molar-refractivity contribution is 6.30. The molecule has 0 fully saturated rings. The Morgan fingerprint density at radius 2 is 1.95 bits per heavy atom. The molecule has 104 valence electrons. The second-order valence-electron chi connectivity index (χ2n) is 4.14. The van der Waals surface area contributed by atoms with Crippen LogP contribution in [0.4, 0.5) is 0 Å². The van der Waals surface area contributed by atoms with E-state index in [1.54, 1.807) is 31.2 Å². The summed E-state index contributed by atoms with van der Waals surface area (Å²) >= 11 is 5.75. The molecule has 7 heteroatoms. The van der Waals surface area contributed by atoms with Crippen LogP contribution in [-0.2, 0) is 11.2 Å². The number of nitrogens with zero attached hydrogens (tertiary/aromatic N) is 1. The van der Waals surface area contributed by atoms with E-state index >= 15 is 0 Å². The summed E-state index contributed by atoms with van der Waals surface area (Å²) in [5, 5.41) is 4.18. The second kappa shape index (κ2) is 6.21. The maximum Gasteiger partial charge on any atom is 0.308 e. The number of nitrogens with one attached hydrogen (secondary N) is 2. The zero-order valence-electron chi connectivity index (χ0n) is 10.6. The molecule has 2 N–H and O–H groups in total. The lowest BCUT2D eigenvalue weighted by atomic mass is 10.1. The van der Waals surface area contributed by atoms with Crippen LogP contribution in [0.5, 0.6) is 0 Å². The summed E-state index contributed by atoms with van der Waals surface area (Å²) in [4.78, 5) is 23.2. The number of aryl methyl sites for hydroxylation is 1. The number of benzene rings is 1. The van der Waals surface area contributed by atoms with Crippen LogP contribution in [0.25, 0.3) is 0 Å². The SMILES string of the molecule is Cc1cc(C(=O)NNC(=O)Cc2ccc(Cl)cc2)on1. The summed E-state index contributed by atoms with van der Waals surface area (Å²) < 4.78 is 4.76. The summed E-state index contributed by atoms with van der Waals surface area (Å²) in [6.07, 6.45) is 0.132. The van der Waals surface area contributed by atoms with Crippen LogP contribution in [-0.4, -0.2) is 17.0 Å². The fourth-order valence-corrected chi connectivity index (χ4v) is 1.62. The minimum Gasteiger partial charge on any atom is -0.351 e. The van der Waals surface area contributed by atoms with Crippen molar-refractivity contribution in [3.8, 4) is 0 Å². The third-order valence-corrected chi connectivity index (χ3v) is 2.70. The zero-order valence-corrected chi connectivity index (χ0v) is 11.4. The van der Waals surface area contributed by atoms with Crippen LogP contribution in [0.3, 0.4) is 0 Å². The topological polar surface area (TPSA) is 84.2 Å². The molecule has 1 aromatic carbocycles. The lowest BCUT2D eigenvalue weighted by Gasteiger charge is -2.05. The van der Waals surface area contributed by atoms with Crippen molar-refractivity contribution in [3.63, 3.8) is 0 Å². The average molecular weight is 294 g/mol. The van der Waals surface area contributed by atoms with Crippen molar-refractivity contribution in [2.75, 3.05) is 0 Å². The summed E-state index contributed by atoms with van der Waals surface area (Å²) in [7, 11) is 0. The number of hydrazine groups is 1. The van der Waals surface area contributed by atoms with Crippen LogP contribution >= 0.6 is 11.6 Å². The van der Waals surface area contributed by atoms with Gasteiger partial charge in [-0.1, -0.05) is 28.9 Å². The monoisotopic (exact) mass is 293 g/mol. The Labute approximate surface area is 120 Å². The standard InChI is InChI=1S/C13H12ClN3O3/c1-8-6-11(20-17-8)13(19)16-15-12(18)7-9-2-4-10(14)5-3-9/h2-6H,7H2,1H3,(H,15,18)(H,16,19). The van der Waals surface area contributed by atoms with Gasteiger partial charge in [0.05, 0.1) is 12.1 Å². The molecule has 6 nitrogen and oxygen atoms in total. The largest absolute Gasteiger partial charge is 0.351 e. The van der Waals surface area contributed by atoms with Crippen molar-refractivity contribution in [1.82, 2.24) is 16.0 Å². The van der Waals surface area contributed by atoms with Gasteiger partial charge in [-0.05, 0) is 24.6 Å². The minimum absolute atomic E-state index is 0.0364. The summed E-state index contributed by atoms with van der Waals surface area (Å²) in [6.45, 7) is 1.69. The van der Waals surface area contributed by atoms with Gasteiger partial charge < -0.3 is 4.52 Å². The van der Waals surface area contributed by atoms with E-state index in [9.17, 15) is 9.59 Å². The van der Waals surface area contributed by atoms with E-state index in [0.717, 1.165) is 5.56 Å². The van der Waals surface area contributed by atoms with E-state index in [-0.39, 0.29) is 18.1 Å². The molecule has 0 aliphatic carbocycles. The fraction of sp³-hybridized carbons (Fsp3) is 0.154. The third-order valence-electron chi connectivity index (χ3n) is 2.45. The Bertz CT molecular complexity index is 622. The minimum atomic E-state index is -0.560. The van der Waals surface area contributed by atoms with Gasteiger partial charge in [-0.15, -0.1) is 0 Å². The first-order valence-electron chi connectivity index (χ1n) is 5.81. The molecule has 0 unspecified atom stereocenters. The molecule has 0 saturated carbocycles. The van der Waals surface area contributed by atoms with Gasteiger partial charge in [0.2, 0.25) is 11.7 Å². The van der Waals surface area contributed by atoms with Crippen molar-refractivity contribution in [2.45, 2.75) is 13.3 Å². The molecule has 0 aliphatic rings. The van der Waals surface area contributed by atoms with Crippen molar-refractivity contribution in [2.24, 2.45) is 0 Å². The highest BCUT2D eigenvalue weighted by atomic mass is 35.5. The molecular weight excluding hydrogens is 282 g/mol. The van der Waals surface area contributed by atoms with Crippen molar-refractivity contribution >= 4 is 23.4 Å². The number of halogens is 1. The summed E-state index contributed by atoms with van der Waals surface area (Å²) in [5.41, 5.74) is 5.91. The molecule has 0 atom stereocenters. The molecule has 2 rings (SSSR count). The molecule has 0 aliphatic heterocycles. The van der Waals surface area contributed by atoms with Crippen molar-refractivity contribution < 1.29 is 14.1 Å². The number of hydrogen-bond acceptors (Lipinski definition) is 4. The lowest BCUT2D eigenvalue weighted by molar-refractivity contribution is -0.121. The van der Waals surface area contributed by atoms with Gasteiger partial charge >= 0.3 is 5.91 Å². The van der Waals surface area contributed by atoms with Gasteiger partial charge in [-0.3, -0.25) is 20.4 Å². The Balaban J connectivity index is 1.83. The number of carbonyl (C=O) groups is 2. The van der Waals surface area contributed by atoms with Gasteiger partial charge in [0.15, 0.2) is 0 Å². The predicted octanol–water partition coefficient (Wildman–Crippen LogP) is 1.64. The Hall–Kier alpha value is -2.34. The quantitative estimate of drug-likeness (QED) is 0.843. The first kappa shape index (κ1) is 14.1. The smallest absolute Gasteiger partial charge is 0.308 e. The van der Waals surface area contributed by atoms with Crippen molar-refractivity contribution in [1.29, 1.82) is 0 Å². The molecule has 2 aromatic rings. The molecule has 1 aromatic heterocycles. The molecule has 1 heterocycles. The van der Waals surface area contributed by atoms with Gasteiger partial charge in [0, 0.05) is 11.1 Å². The summed E-state index contributed by atoms with van der Waals surface area (Å²) in [5.74, 6) is -0.874. The van der Waals surface area contributed by atoms with E-state index in [4.69, 9.17) is 16.1 Å². The van der Waals surface area contributed by atoms with E-state index in [0.29, 0.717) is 10.7 Å². The fourth-order valence-electron chi connectivity index (χ4n) is 1.49. The number of amides is 2. The number of aromatic nitrogens is 1. The van der Waals surface area contributed by atoms with Crippen LogP contribution in [0.2, 0.25) is 5.02 Å². The normalized spacial score (nSPS) is 10.1. The second-order valence-corrected chi connectivity index (χ2v) is 4.57. The molecule has 20 heavy (non-hydrogen) atoms. The molecule has 0 saturated heterocycles. The van der Waals surface area contributed by atoms with E-state index in [1.165, 1.54) is 6.07 Å². The molecule has 2 amide bonds. The molecular formula is C13H12ClN3O3. The van der Waals surface area contributed by atoms with Gasteiger partial charge in [0.25, 0.3) is 0 Å². The lowest BCUT2D eigenvalue weighted by Crippen LogP contribution is -2.42. The van der Waals surface area contributed by atoms with Crippen LogP contribution in [0.15, 0.2) is 34.9 Å². The number of rotatable bonds is 3. The Morgan fingerprint density at radius 3 is 2.55 bits per heavy atom. The predicted molar refractivity (Wildman–Crippen MR) is 72.0 cm³/mol. The average Bonchev–Trinajstić information content (AvgIpc) is 2.85. The first-order chi connectivity index (χ1) is 9.54. The van der Waals surface area contributed by atoms with E-state index in [2.05, 4.69) is 16.0 Å². The van der Waals surface area contributed by atoms with E-state index in [1.807, 2.05) is 0 Å². The number of carbonyl (C=O) groups excluding carboxylic acids is 2. The van der Waals surface area contributed by atoms with E-state index < -0.39 is 5.91 Å². The molecule has 0 radical (unpaired) electrons. The maximum absolute atomic E-state index is 11.6. The van der Waals surface area contributed by atoms with Gasteiger partial charge in [-0.2, -0.15) is 0 Å².